The van der Waals surface area contributed by atoms with Crippen LogP contribution in [0.15, 0.2) is 18.3 Å². The van der Waals surface area contributed by atoms with Crippen LogP contribution in [0.2, 0.25) is 0 Å². The third-order valence-corrected chi connectivity index (χ3v) is 3.43. The Morgan fingerprint density at radius 2 is 2.20 bits per heavy atom. The molecule has 1 aromatic heterocycles. The van der Waals surface area contributed by atoms with E-state index in [-0.39, 0.29) is 5.82 Å². The van der Waals surface area contributed by atoms with Gasteiger partial charge in [0.15, 0.2) is 6.20 Å². The minimum atomic E-state index is -0.485. The van der Waals surface area contributed by atoms with Crippen molar-refractivity contribution in [3.05, 3.63) is 28.4 Å². The second-order valence-corrected chi connectivity index (χ2v) is 4.83. The lowest BCUT2D eigenvalue weighted by Crippen LogP contribution is -2.37. The van der Waals surface area contributed by atoms with Crippen molar-refractivity contribution in [3.8, 4) is 0 Å². The molecular weight excluding hydrogens is 260 g/mol. The second kappa shape index (κ2) is 7.16. The Hall–Kier alpha value is -1.73. The predicted molar refractivity (Wildman–Crippen MR) is 75.7 cm³/mol. The van der Waals surface area contributed by atoms with Crippen LogP contribution in [0.1, 0.15) is 19.3 Å². The van der Waals surface area contributed by atoms with E-state index in [0.29, 0.717) is 12.6 Å². The van der Waals surface area contributed by atoms with E-state index in [1.165, 1.54) is 6.07 Å². The van der Waals surface area contributed by atoms with Crippen LogP contribution < -0.4 is 10.6 Å². The van der Waals surface area contributed by atoms with Gasteiger partial charge in [-0.25, -0.2) is 0 Å². The second-order valence-electron chi connectivity index (χ2n) is 4.83. The fourth-order valence-electron chi connectivity index (χ4n) is 2.29. The molecule has 1 aliphatic rings. The van der Waals surface area contributed by atoms with E-state index in [0.717, 1.165) is 44.6 Å². The molecule has 0 aromatic carbocycles. The Labute approximate surface area is 117 Å². The molecule has 1 saturated heterocycles. The molecule has 0 aliphatic carbocycles. The van der Waals surface area contributed by atoms with E-state index >= 15 is 0 Å². The van der Waals surface area contributed by atoms with Crippen molar-refractivity contribution in [3.63, 3.8) is 0 Å². The number of hydrogen-bond donors (Lipinski definition) is 1. The van der Waals surface area contributed by atoms with E-state index in [4.69, 9.17) is 10.5 Å². The molecule has 0 unspecified atom stereocenters. The average Bonchev–Trinajstić information content (AvgIpc) is 2.48. The quantitative estimate of drug-likeness (QED) is 0.480. The molecule has 1 fully saturated rings. The van der Waals surface area contributed by atoms with Crippen molar-refractivity contribution >= 4 is 11.5 Å². The molecule has 1 aliphatic heterocycles. The van der Waals surface area contributed by atoms with Crippen molar-refractivity contribution in [2.24, 2.45) is 5.73 Å². The summed E-state index contributed by atoms with van der Waals surface area (Å²) in [5.41, 5.74) is 6.36. The highest BCUT2D eigenvalue weighted by atomic mass is 16.6. The molecule has 20 heavy (non-hydrogen) atoms. The number of rotatable bonds is 6. The largest absolute Gasteiger partial charge is 0.378 e. The topological polar surface area (TPSA) is 94.5 Å². The number of aromatic nitrogens is 1. The fourth-order valence-corrected chi connectivity index (χ4v) is 2.29. The SMILES string of the molecule is NCCCOC1CCN(c2ccc([N+](=O)[O-])nc2)CC1. The van der Waals surface area contributed by atoms with Crippen LogP contribution in [0.4, 0.5) is 11.5 Å². The molecule has 1 aromatic rings. The standard InChI is InChI=1S/C13H20N4O3/c14-6-1-9-20-12-4-7-16(8-5-12)11-2-3-13(15-10-11)17(18)19/h2-3,10,12H,1,4-9,14H2. The Kier molecular flexibility index (Phi) is 5.25. The van der Waals surface area contributed by atoms with Gasteiger partial charge in [0, 0.05) is 25.8 Å². The minimum absolute atomic E-state index is 0.117. The number of pyridine rings is 1. The summed E-state index contributed by atoms with van der Waals surface area (Å²) in [6.07, 6.45) is 4.67. The van der Waals surface area contributed by atoms with Gasteiger partial charge in [0.05, 0.1) is 11.8 Å². The van der Waals surface area contributed by atoms with Crippen molar-refractivity contribution < 1.29 is 9.66 Å². The summed E-state index contributed by atoms with van der Waals surface area (Å²) in [7, 11) is 0. The molecule has 0 spiro atoms. The van der Waals surface area contributed by atoms with Gasteiger partial charge in [0.2, 0.25) is 0 Å². The lowest BCUT2D eigenvalue weighted by molar-refractivity contribution is -0.389. The van der Waals surface area contributed by atoms with Gasteiger partial charge < -0.3 is 25.5 Å². The zero-order chi connectivity index (χ0) is 14.4. The summed E-state index contributed by atoms with van der Waals surface area (Å²) < 4.78 is 5.75. The smallest absolute Gasteiger partial charge is 0.363 e. The van der Waals surface area contributed by atoms with Crippen LogP contribution in [-0.2, 0) is 4.74 Å². The van der Waals surface area contributed by atoms with E-state index in [1.54, 1.807) is 12.3 Å². The van der Waals surface area contributed by atoms with Crippen LogP contribution in [0.25, 0.3) is 0 Å². The Morgan fingerprint density at radius 1 is 1.45 bits per heavy atom. The molecule has 0 saturated carbocycles. The maximum atomic E-state index is 10.6. The highest BCUT2D eigenvalue weighted by Gasteiger charge is 2.21. The van der Waals surface area contributed by atoms with Crippen molar-refractivity contribution in [2.75, 3.05) is 31.1 Å². The highest BCUT2D eigenvalue weighted by molar-refractivity contribution is 5.46. The summed E-state index contributed by atoms with van der Waals surface area (Å²) >= 11 is 0. The third-order valence-electron chi connectivity index (χ3n) is 3.43. The zero-order valence-corrected chi connectivity index (χ0v) is 11.4. The maximum Gasteiger partial charge on any atom is 0.363 e. The summed E-state index contributed by atoms with van der Waals surface area (Å²) in [6, 6.07) is 3.19. The van der Waals surface area contributed by atoms with Crippen molar-refractivity contribution in [2.45, 2.75) is 25.4 Å². The van der Waals surface area contributed by atoms with Gasteiger partial charge in [0.25, 0.3) is 0 Å². The number of nitrogens with zero attached hydrogens (tertiary/aromatic N) is 3. The molecule has 7 heteroatoms. The van der Waals surface area contributed by atoms with Gasteiger partial charge in [-0.3, -0.25) is 0 Å². The summed E-state index contributed by atoms with van der Waals surface area (Å²) in [5, 5.41) is 10.6. The molecule has 110 valence electrons. The Morgan fingerprint density at radius 3 is 2.75 bits per heavy atom. The number of hydrogen-bond acceptors (Lipinski definition) is 6. The Bertz CT molecular complexity index is 430. The first-order chi connectivity index (χ1) is 9.70. The van der Waals surface area contributed by atoms with Crippen molar-refractivity contribution in [1.29, 1.82) is 0 Å². The zero-order valence-electron chi connectivity index (χ0n) is 11.4. The predicted octanol–water partition coefficient (Wildman–Crippen LogP) is 1.32. The van der Waals surface area contributed by atoms with Crippen molar-refractivity contribution in [1.82, 2.24) is 4.98 Å². The molecule has 2 heterocycles. The number of piperidine rings is 1. The van der Waals surface area contributed by atoms with E-state index in [1.807, 2.05) is 0 Å². The minimum Gasteiger partial charge on any atom is -0.378 e. The fraction of sp³-hybridized carbons (Fsp3) is 0.615. The lowest BCUT2D eigenvalue weighted by atomic mass is 10.1. The van der Waals surface area contributed by atoms with Gasteiger partial charge in [-0.05, 0) is 41.8 Å². The van der Waals surface area contributed by atoms with Gasteiger partial charge in [-0.2, -0.15) is 0 Å². The summed E-state index contributed by atoms with van der Waals surface area (Å²) in [4.78, 5) is 16.1. The maximum absolute atomic E-state index is 10.6. The summed E-state index contributed by atoms with van der Waals surface area (Å²) in [5.74, 6) is -0.117. The normalized spacial score (nSPS) is 16.4. The molecule has 0 atom stereocenters. The third kappa shape index (κ3) is 3.88. The lowest BCUT2D eigenvalue weighted by Gasteiger charge is -2.32. The molecular formula is C13H20N4O3. The first-order valence-electron chi connectivity index (χ1n) is 6.88. The number of anilines is 1. The first-order valence-corrected chi connectivity index (χ1v) is 6.88. The van der Waals surface area contributed by atoms with E-state index in [2.05, 4.69) is 9.88 Å². The Balaban J connectivity index is 1.82. The van der Waals surface area contributed by atoms with Crippen LogP contribution in [0, 0.1) is 10.1 Å². The highest BCUT2D eigenvalue weighted by Crippen LogP contribution is 2.22. The molecule has 2 N–H and O–H groups in total. The number of nitrogens with two attached hydrogens (primary N) is 1. The van der Waals surface area contributed by atoms with Gasteiger partial charge in [0.1, 0.15) is 0 Å². The molecule has 0 amide bonds. The van der Waals surface area contributed by atoms with E-state index in [9.17, 15) is 10.1 Å². The van der Waals surface area contributed by atoms with Gasteiger partial charge in [-0.1, -0.05) is 0 Å². The van der Waals surface area contributed by atoms with Gasteiger partial charge >= 0.3 is 5.82 Å². The van der Waals surface area contributed by atoms with Crippen LogP contribution in [0.3, 0.4) is 0 Å². The van der Waals surface area contributed by atoms with E-state index < -0.39 is 4.92 Å². The first kappa shape index (κ1) is 14.7. The van der Waals surface area contributed by atoms with Crippen LogP contribution in [0.5, 0.6) is 0 Å². The average molecular weight is 280 g/mol. The molecule has 7 nitrogen and oxygen atoms in total. The number of ether oxygens (including phenoxy) is 1. The van der Waals surface area contributed by atoms with Crippen LogP contribution >= 0.6 is 0 Å². The molecule has 0 bridgehead atoms. The monoisotopic (exact) mass is 280 g/mol. The van der Waals surface area contributed by atoms with Crippen LogP contribution in [-0.4, -0.2) is 42.3 Å². The molecule has 0 radical (unpaired) electrons. The number of nitro groups is 1. The molecule has 2 rings (SSSR count). The summed E-state index contributed by atoms with van der Waals surface area (Å²) in [6.45, 7) is 3.15. The van der Waals surface area contributed by atoms with Gasteiger partial charge in [-0.15, -0.1) is 0 Å².